The van der Waals surface area contributed by atoms with Gasteiger partial charge in [0, 0.05) is 5.56 Å². The maximum Gasteiger partial charge on any atom is 0.124 e. The van der Waals surface area contributed by atoms with Crippen molar-refractivity contribution in [2.24, 2.45) is 0 Å². The predicted molar refractivity (Wildman–Crippen MR) is 39.1 cm³/mol. The monoisotopic (exact) mass is 117 g/mol. The Bertz CT molecular complexity index is 261. The molecule has 0 aliphatic rings. The normalized spacial score (nSPS) is 9.22. The highest BCUT2D eigenvalue weighted by atomic mass is 13.9. The standard InChI is InChI=1S/C9H8/c1-3-9-6-4-8(2)5-7-9/h1,4-7H,2H3/i1D. The van der Waals surface area contributed by atoms with Crippen molar-refractivity contribution in [3.63, 3.8) is 0 Å². The lowest BCUT2D eigenvalue weighted by atomic mass is 10.2. The van der Waals surface area contributed by atoms with Gasteiger partial charge in [0.1, 0.15) is 1.37 Å². The second-order valence-electron chi connectivity index (χ2n) is 1.99. The van der Waals surface area contributed by atoms with E-state index in [1.54, 1.807) is 0 Å². The molecule has 0 fully saturated rings. The van der Waals surface area contributed by atoms with E-state index in [1.807, 2.05) is 31.2 Å². The topological polar surface area (TPSA) is 0 Å². The third-order valence-corrected chi connectivity index (χ3v) is 1.20. The van der Waals surface area contributed by atoms with E-state index in [4.69, 9.17) is 1.37 Å². The van der Waals surface area contributed by atoms with Gasteiger partial charge in [-0.1, -0.05) is 23.6 Å². The van der Waals surface area contributed by atoms with Crippen LogP contribution in [0, 0.1) is 19.2 Å². The minimum absolute atomic E-state index is 0.903. The van der Waals surface area contributed by atoms with E-state index < -0.39 is 0 Å². The zero-order valence-corrected chi connectivity index (χ0v) is 5.31. The summed E-state index contributed by atoms with van der Waals surface area (Å²) in [5, 5.41) is 0. The predicted octanol–water partition coefficient (Wildman–Crippen LogP) is 1.98. The van der Waals surface area contributed by atoms with Crippen LogP contribution in [0.3, 0.4) is 0 Å². The maximum absolute atomic E-state index is 6.63. The van der Waals surface area contributed by atoms with Crippen LogP contribution in [0.4, 0.5) is 0 Å². The average Bonchev–Trinajstić information content (AvgIpc) is 1.95. The molecule has 0 N–H and O–H groups in total. The first-order valence-corrected chi connectivity index (χ1v) is 2.82. The molecule has 0 heteroatoms. The molecule has 0 radical (unpaired) electrons. The van der Waals surface area contributed by atoms with E-state index in [-0.39, 0.29) is 0 Å². The summed E-state index contributed by atoms with van der Waals surface area (Å²) in [5.41, 5.74) is 2.12. The van der Waals surface area contributed by atoms with E-state index in [1.165, 1.54) is 5.56 Å². The van der Waals surface area contributed by atoms with E-state index in [0.29, 0.717) is 0 Å². The maximum atomic E-state index is 6.63. The number of rotatable bonds is 0. The van der Waals surface area contributed by atoms with E-state index in [2.05, 4.69) is 12.3 Å². The van der Waals surface area contributed by atoms with Gasteiger partial charge in [0.15, 0.2) is 0 Å². The first kappa shape index (κ1) is 4.64. The number of aryl methyl sites for hydroxylation is 1. The Morgan fingerprint density at radius 2 is 2.11 bits per heavy atom. The summed E-state index contributed by atoms with van der Waals surface area (Å²) in [5.74, 6) is 2.65. The quantitative estimate of drug-likeness (QED) is 0.456. The summed E-state index contributed by atoms with van der Waals surface area (Å²) in [6.07, 6.45) is 2.10. The Morgan fingerprint density at radius 1 is 1.44 bits per heavy atom. The van der Waals surface area contributed by atoms with Gasteiger partial charge in [0.05, 0.1) is 0 Å². The summed E-state index contributed by atoms with van der Waals surface area (Å²) in [6.45, 7) is 2.03. The Morgan fingerprint density at radius 3 is 2.67 bits per heavy atom. The third-order valence-electron chi connectivity index (χ3n) is 1.20. The van der Waals surface area contributed by atoms with E-state index in [0.717, 1.165) is 5.56 Å². The molecule has 1 aromatic carbocycles. The smallest absolute Gasteiger partial charge is 0.115 e. The van der Waals surface area contributed by atoms with Crippen molar-refractivity contribution in [1.29, 1.82) is 0 Å². The van der Waals surface area contributed by atoms with Gasteiger partial charge < -0.3 is 0 Å². The zero-order chi connectivity index (χ0) is 7.40. The van der Waals surface area contributed by atoms with Crippen molar-refractivity contribution in [3.8, 4) is 12.3 Å². The molecular weight excluding hydrogens is 108 g/mol. The van der Waals surface area contributed by atoms with Crippen molar-refractivity contribution in [2.75, 3.05) is 0 Å². The number of hydrogen-bond acceptors (Lipinski definition) is 0. The Balaban J connectivity index is 2.97. The minimum atomic E-state index is 0.903. The molecule has 9 heavy (non-hydrogen) atoms. The highest BCUT2D eigenvalue weighted by Gasteiger charge is 1.82. The second kappa shape index (κ2) is 2.37. The first-order chi connectivity index (χ1) is 4.83. The lowest BCUT2D eigenvalue weighted by molar-refractivity contribution is 1.46. The highest BCUT2D eigenvalue weighted by molar-refractivity contribution is 5.33. The summed E-state index contributed by atoms with van der Waals surface area (Å²) >= 11 is 0. The summed E-state index contributed by atoms with van der Waals surface area (Å²) < 4.78 is 6.63. The lowest BCUT2D eigenvalue weighted by Gasteiger charge is -1.89. The molecule has 0 amide bonds. The molecule has 0 bridgehead atoms. The number of hydrogen-bond donors (Lipinski definition) is 0. The van der Waals surface area contributed by atoms with Gasteiger partial charge in [-0.15, -0.1) is 6.40 Å². The van der Waals surface area contributed by atoms with Crippen molar-refractivity contribution in [3.05, 3.63) is 35.4 Å². The summed E-state index contributed by atoms with van der Waals surface area (Å²) in [4.78, 5) is 0. The second-order valence-corrected chi connectivity index (χ2v) is 1.99. The highest BCUT2D eigenvalue weighted by Crippen LogP contribution is 1.99. The van der Waals surface area contributed by atoms with Crippen molar-refractivity contribution in [2.45, 2.75) is 6.92 Å². The zero-order valence-electron chi connectivity index (χ0n) is 6.31. The fourth-order valence-corrected chi connectivity index (χ4v) is 0.637. The van der Waals surface area contributed by atoms with Crippen LogP contribution in [0.1, 0.15) is 12.5 Å². The number of terminal acetylenes is 1. The molecule has 0 heterocycles. The van der Waals surface area contributed by atoms with Crippen LogP contribution in [-0.4, -0.2) is 0 Å². The van der Waals surface area contributed by atoms with Gasteiger partial charge in [0.25, 0.3) is 0 Å². The summed E-state index contributed by atoms with van der Waals surface area (Å²) in [7, 11) is 0. The SMILES string of the molecule is [2H]C#Cc1ccc(C)cc1. The largest absolute Gasteiger partial charge is 0.124 e. The van der Waals surface area contributed by atoms with Crippen LogP contribution in [0.2, 0.25) is 0 Å². The Labute approximate surface area is 56.9 Å². The molecule has 0 aromatic heterocycles. The van der Waals surface area contributed by atoms with Crippen LogP contribution < -0.4 is 0 Å². The summed E-state index contributed by atoms with van der Waals surface area (Å²) in [6, 6.07) is 7.80. The molecule has 1 rings (SSSR count). The molecule has 0 unspecified atom stereocenters. The molecule has 0 aliphatic heterocycles. The molecule has 1 aromatic rings. The number of benzene rings is 1. The van der Waals surface area contributed by atoms with Crippen molar-refractivity contribution < 1.29 is 1.37 Å². The van der Waals surface area contributed by atoms with Gasteiger partial charge in [0.2, 0.25) is 0 Å². The van der Waals surface area contributed by atoms with Crippen LogP contribution in [0.5, 0.6) is 0 Å². The van der Waals surface area contributed by atoms with Crippen LogP contribution in [0.25, 0.3) is 0 Å². The molecule has 0 aliphatic carbocycles. The molecule has 0 saturated carbocycles. The van der Waals surface area contributed by atoms with Gasteiger partial charge >= 0.3 is 0 Å². The van der Waals surface area contributed by atoms with Crippen LogP contribution in [-0.2, 0) is 0 Å². The minimum Gasteiger partial charge on any atom is -0.115 e. The molecular formula is C9H8. The van der Waals surface area contributed by atoms with Gasteiger partial charge in [-0.25, -0.2) is 0 Å². The molecule has 0 saturated heterocycles. The van der Waals surface area contributed by atoms with Gasteiger partial charge in [-0.2, -0.15) is 0 Å². The molecule has 44 valence electrons. The molecule has 0 spiro atoms. The fourth-order valence-electron chi connectivity index (χ4n) is 0.637. The van der Waals surface area contributed by atoms with Gasteiger partial charge in [-0.3, -0.25) is 0 Å². The first-order valence-electron chi connectivity index (χ1n) is 3.32. The van der Waals surface area contributed by atoms with E-state index >= 15 is 0 Å². The van der Waals surface area contributed by atoms with E-state index in [9.17, 15) is 0 Å². The Kier molecular flexibility index (Phi) is 1.22. The van der Waals surface area contributed by atoms with Gasteiger partial charge in [-0.05, 0) is 19.1 Å². The Hall–Kier alpha value is -1.22. The lowest BCUT2D eigenvalue weighted by Crippen LogP contribution is -1.72. The van der Waals surface area contributed by atoms with Crippen molar-refractivity contribution in [1.82, 2.24) is 0 Å². The van der Waals surface area contributed by atoms with Crippen LogP contribution >= 0.6 is 0 Å². The molecule has 0 atom stereocenters. The third kappa shape index (κ3) is 1.33. The fraction of sp³-hybridized carbons (Fsp3) is 0.111. The van der Waals surface area contributed by atoms with Crippen molar-refractivity contribution >= 4 is 0 Å². The van der Waals surface area contributed by atoms with Crippen LogP contribution in [0.15, 0.2) is 24.3 Å². The average molecular weight is 117 g/mol. The molecule has 0 nitrogen and oxygen atoms in total.